The average Bonchev–Trinajstić information content (AvgIpc) is 2.98. The van der Waals surface area contributed by atoms with Crippen LogP contribution in [0.25, 0.3) is 0 Å². The molecule has 0 bridgehead atoms. The lowest BCUT2D eigenvalue weighted by molar-refractivity contribution is 0.151. The minimum Gasteiger partial charge on any atom is -0.355 e. The Morgan fingerprint density at radius 3 is 2.48 bits per heavy atom. The van der Waals surface area contributed by atoms with Gasteiger partial charge in [-0.2, -0.15) is 0 Å². The molecule has 0 atom stereocenters. The molecule has 0 radical (unpaired) electrons. The van der Waals surface area contributed by atoms with Crippen molar-refractivity contribution in [3.63, 3.8) is 0 Å². The number of benzene rings is 1. The van der Waals surface area contributed by atoms with Crippen LogP contribution in [0.4, 0.5) is 0 Å². The molecule has 1 aliphatic heterocycles. The summed E-state index contributed by atoms with van der Waals surface area (Å²) in [5.74, 6) is 0.886. The molecule has 3 rings (SSSR count). The molecule has 8 heteroatoms. The molecule has 2 aliphatic rings. The molecule has 1 spiro atoms. The van der Waals surface area contributed by atoms with Crippen LogP contribution in [0.5, 0.6) is 0 Å². The van der Waals surface area contributed by atoms with E-state index >= 15 is 0 Å². The smallest absolute Gasteiger partial charge is 0.193 e. The van der Waals surface area contributed by atoms with Crippen molar-refractivity contribution >= 4 is 55.7 Å². The van der Waals surface area contributed by atoms with Crippen molar-refractivity contribution < 1.29 is 8.42 Å². The number of hydrogen-bond acceptors (Lipinski definition) is 3. The number of guanidine groups is 1. The maximum Gasteiger partial charge on any atom is 0.193 e. The summed E-state index contributed by atoms with van der Waals surface area (Å²) in [6, 6.07) is 6.77. The predicted octanol–water partition coefficient (Wildman–Crippen LogP) is 3.29. The quantitative estimate of drug-likeness (QED) is 0.361. The number of halogens is 2. The molecule has 0 amide bonds. The van der Waals surface area contributed by atoms with E-state index in [1.807, 2.05) is 0 Å². The molecular weight excluding hydrogens is 517 g/mol. The molecule has 0 aromatic heterocycles. The van der Waals surface area contributed by atoms with Crippen molar-refractivity contribution in [1.29, 1.82) is 0 Å². The van der Waals surface area contributed by atoms with Crippen molar-refractivity contribution in [2.75, 3.05) is 32.4 Å². The van der Waals surface area contributed by atoms with Crippen LogP contribution in [-0.4, -0.2) is 51.7 Å². The second kappa shape index (κ2) is 8.56. The number of rotatable bonds is 4. The fraction of sp³-hybridized carbons (Fsp3) is 0.588. The van der Waals surface area contributed by atoms with Crippen LogP contribution in [-0.2, 0) is 9.84 Å². The minimum atomic E-state index is -3.28. The summed E-state index contributed by atoms with van der Waals surface area (Å²) in [4.78, 5) is 6.96. The molecule has 2 fully saturated rings. The van der Waals surface area contributed by atoms with Gasteiger partial charge in [-0.3, -0.25) is 4.99 Å². The van der Waals surface area contributed by atoms with Gasteiger partial charge in [0.15, 0.2) is 15.8 Å². The van der Waals surface area contributed by atoms with Crippen LogP contribution >= 0.6 is 39.9 Å². The fourth-order valence-electron chi connectivity index (χ4n) is 3.59. The normalized spacial score (nSPS) is 19.4. The van der Waals surface area contributed by atoms with E-state index in [0.717, 1.165) is 23.5 Å². The molecular formula is C17H25BrIN3O2S. The number of likely N-dealkylation sites (tertiary alicyclic amines) is 1. The highest BCUT2D eigenvalue weighted by atomic mass is 127. The predicted molar refractivity (Wildman–Crippen MR) is 115 cm³/mol. The Hall–Kier alpha value is -0.350. The lowest BCUT2D eigenvalue weighted by Gasteiger charge is -2.38. The van der Waals surface area contributed by atoms with E-state index in [4.69, 9.17) is 0 Å². The fourth-order valence-corrected chi connectivity index (χ4v) is 5.01. The molecule has 0 unspecified atom stereocenters. The zero-order valence-corrected chi connectivity index (χ0v) is 19.1. The Morgan fingerprint density at radius 1 is 1.28 bits per heavy atom. The van der Waals surface area contributed by atoms with Crippen molar-refractivity contribution in [2.45, 2.75) is 30.6 Å². The van der Waals surface area contributed by atoms with Gasteiger partial charge in [-0.05, 0) is 48.9 Å². The number of sulfone groups is 1. The highest BCUT2D eigenvalue weighted by Crippen LogP contribution is 2.47. The van der Waals surface area contributed by atoms with E-state index in [1.54, 1.807) is 31.3 Å². The first kappa shape index (κ1) is 21.0. The Balaban J connectivity index is 0.00000225. The standard InChI is InChI=1S/C17H24BrN3O2S.HI/c1-19-16(21-11-9-17(13-21)7-2-8-17)20-10-12-24(22,23)15-5-3-14(18)4-6-15;/h3-6H,2,7-13H2,1H3,(H,19,20);1H. The Kier molecular flexibility index (Phi) is 7.17. The van der Waals surface area contributed by atoms with E-state index in [0.29, 0.717) is 16.9 Å². The van der Waals surface area contributed by atoms with Gasteiger partial charge < -0.3 is 10.2 Å². The van der Waals surface area contributed by atoms with E-state index in [-0.39, 0.29) is 29.7 Å². The Labute approximate surface area is 175 Å². The summed E-state index contributed by atoms with van der Waals surface area (Å²) < 4.78 is 25.6. The summed E-state index contributed by atoms with van der Waals surface area (Å²) in [6.45, 7) is 2.43. The van der Waals surface area contributed by atoms with Crippen molar-refractivity contribution in [2.24, 2.45) is 10.4 Å². The number of nitrogens with zero attached hydrogens (tertiary/aromatic N) is 2. The van der Waals surface area contributed by atoms with Crippen LogP contribution in [0.2, 0.25) is 0 Å². The number of hydrogen-bond donors (Lipinski definition) is 1. The van der Waals surface area contributed by atoms with Gasteiger partial charge in [-0.25, -0.2) is 8.42 Å². The van der Waals surface area contributed by atoms with Crippen molar-refractivity contribution in [3.8, 4) is 0 Å². The Morgan fingerprint density at radius 2 is 1.96 bits per heavy atom. The van der Waals surface area contributed by atoms with Crippen LogP contribution in [0.3, 0.4) is 0 Å². The van der Waals surface area contributed by atoms with Crippen molar-refractivity contribution in [1.82, 2.24) is 10.2 Å². The largest absolute Gasteiger partial charge is 0.355 e. The maximum absolute atomic E-state index is 12.4. The first-order valence-electron chi connectivity index (χ1n) is 8.38. The van der Waals surface area contributed by atoms with Crippen LogP contribution in [0.15, 0.2) is 38.6 Å². The molecule has 1 aliphatic carbocycles. The first-order valence-corrected chi connectivity index (χ1v) is 10.8. The van der Waals surface area contributed by atoms with Gasteiger partial charge in [0.1, 0.15) is 0 Å². The lowest BCUT2D eigenvalue weighted by Crippen LogP contribution is -2.43. The minimum absolute atomic E-state index is 0. The van der Waals surface area contributed by atoms with E-state index < -0.39 is 9.84 Å². The zero-order chi connectivity index (χ0) is 17.2. The first-order chi connectivity index (χ1) is 11.4. The molecule has 1 saturated heterocycles. The molecule has 5 nitrogen and oxygen atoms in total. The highest BCUT2D eigenvalue weighted by molar-refractivity contribution is 14.0. The monoisotopic (exact) mass is 541 g/mol. The van der Waals surface area contributed by atoms with Gasteiger partial charge in [0.05, 0.1) is 10.6 Å². The SMILES string of the molecule is CN=C(NCCS(=O)(=O)c1ccc(Br)cc1)N1CCC2(CCC2)C1.I. The van der Waals surface area contributed by atoms with Gasteiger partial charge in [-0.1, -0.05) is 22.4 Å². The summed E-state index contributed by atoms with van der Waals surface area (Å²) in [6.07, 6.45) is 5.20. The van der Waals surface area contributed by atoms with Crippen molar-refractivity contribution in [3.05, 3.63) is 28.7 Å². The third kappa shape index (κ3) is 4.88. The topological polar surface area (TPSA) is 61.8 Å². The van der Waals surface area contributed by atoms with Gasteiger partial charge in [0.25, 0.3) is 0 Å². The third-order valence-electron chi connectivity index (χ3n) is 5.19. The maximum atomic E-state index is 12.4. The lowest BCUT2D eigenvalue weighted by atomic mass is 9.68. The second-order valence-electron chi connectivity index (χ2n) is 6.77. The van der Waals surface area contributed by atoms with Gasteiger partial charge >= 0.3 is 0 Å². The molecule has 1 N–H and O–H groups in total. The van der Waals surface area contributed by atoms with E-state index in [9.17, 15) is 8.42 Å². The highest BCUT2D eigenvalue weighted by Gasteiger charge is 2.43. The number of nitrogens with one attached hydrogen (secondary N) is 1. The molecule has 1 heterocycles. The summed E-state index contributed by atoms with van der Waals surface area (Å²) in [5.41, 5.74) is 0.501. The van der Waals surface area contributed by atoms with E-state index in [2.05, 4.69) is 31.1 Å². The van der Waals surface area contributed by atoms with Crippen LogP contribution in [0, 0.1) is 5.41 Å². The molecule has 1 aromatic carbocycles. The summed E-state index contributed by atoms with van der Waals surface area (Å²) in [5, 5.41) is 3.22. The Bertz CT molecular complexity index is 718. The molecule has 1 aromatic rings. The average molecular weight is 542 g/mol. The second-order valence-corrected chi connectivity index (χ2v) is 9.80. The van der Waals surface area contributed by atoms with Gasteiger partial charge in [-0.15, -0.1) is 24.0 Å². The molecule has 25 heavy (non-hydrogen) atoms. The van der Waals surface area contributed by atoms with Gasteiger partial charge in [0.2, 0.25) is 0 Å². The van der Waals surface area contributed by atoms with Crippen LogP contribution in [0.1, 0.15) is 25.7 Å². The molecule has 140 valence electrons. The zero-order valence-electron chi connectivity index (χ0n) is 14.4. The summed E-state index contributed by atoms with van der Waals surface area (Å²) in [7, 11) is -1.52. The van der Waals surface area contributed by atoms with E-state index in [1.165, 1.54) is 25.7 Å². The third-order valence-corrected chi connectivity index (χ3v) is 7.45. The van der Waals surface area contributed by atoms with Gasteiger partial charge in [0, 0.05) is 31.2 Å². The van der Waals surface area contributed by atoms with Crippen LogP contribution < -0.4 is 5.32 Å². The summed E-state index contributed by atoms with van der Waals surface area (Å²) >= 11 is 3.32. The molecule has 1 saturated carbocycles. The number of aliphatic imine (C=N–C) groups is 1.